The number of ether oxygens (including phenoxy) is 1. The van der Waals surface area contributed by atoms with Crippen molar-refractivity contribution in [3.8, 4) is 0 Å². The van der Waals surface area contributed by atoms with Crippen LogP contribution in [0.25, 0.3) is 0 Å². The predicted octanol–water partition coefficient (Wildman–Crippen LogP) is -0.232. The van der Waals surface area contributed by atoms with Crippen LogP contribution in [0.4, 0.5) is 0 Å². The van der Waals surface area contributed by atoms with Crippen LogP contribution in [0.3, 0.4) is 0 Å². The van der Waals surface area contributed by atoms with Gasteiger partial charge in [0.05, 0.1) is 6.61 Å². The molecule has 0 heterocycles. The van der Waals surface area contributed by atoms with Gasteiger partial charge in [0.15, 0.2) is 0 Å². The Bertz CT molecular complexity index is 254. The van der Waals surface area contributed by atoms with E-state index < -0.39 is 18.2 Å². The van der Waals surface area contributed by atoms with E-state index in [1.54, 1.807) is 18.2 Å². The molecule has 0 fully saturated rings. The third kappa shape index (κ3) is 2.40. The minimum absolute atomic E-state index is 0.233. The number of rotatable bonds is 2. The molecule has 2 atom stereocenters. The second-order valence-corrected chi connectivity index (χ2v) is 2.80. The summed E-state index contributed by atoms with van der Waals surface area (Å²) in [7, 11) is 0. The molecular weight excluding hydrogens is 172 g/mol. The van der Waals surface area contributed by atoms with E-state index in [4.69, 9.17) is 9.84 Å². The lowest BCUT2D eigenvalue weighted by atomic mass is 10.00. The number of esters is 1. The largest absolute Gasteiger partial charge is 0.455 e. The second kappa shape index (κ2) is 4.20. The van der Waals surface area contributed by atoms with Gasteiger partial charge in [0.25, 0.3) is 0 Å². The average Bonchev–Trinajstić information content (AvgIpc) is 2.08. The SMILES string of the molecule is CC(=O)O[C@H]1C=CC=C(CO)[C@H]1O. The fourth-order valence-electron chi connectivity index (χ4n) is 1.15. The summed E-state index contributed by atoms with van der Waals surface area (Å²) < 4.78 is 4.81. The monoisotopic (exact) mass is 184 g/mol. The van der Waals surface area contributed by atoms with E-state index in [1.807, 2.05) is 0 Å². The maximum absolute atomic E-state index is 10.6. The topological polar surface area (TPSA) is 66.8 Å². The molecule has 0 saturated carbocycles. The standard InChI is InChI=1S/C9H12O4/c1-6(11)13-8-4-2-3-7(5-10)9(8)12/h2-4,8-10,12H,5H2,1H3/t8-,9+/m0/s1. The Labute approximate surface area is 76.1 Å². The van der Waals surface area contributed by atoms with E-state index >= 15 is 0 Å². The summed E-state index contributed by atoms with van der Waals surface area (Å²) >= 11 is 0. The minimum atomic E-state index is -0.932. The van der Waals surface area contributed by atoms with Crippen molar-refractivity contribution in [2.24, 2.45) is 0 Å². The van der Waals surface area contributed by atoms with Crippen LogP contribution in [0, 0.1) is 0 Å². The Hall–Kier alpha value is -1.13. The highest BCUT2D eigenvalue weighted by atomic mass is 16.6. The third-order valence-electron chi connectivity index (χ3n) is 1.79. The fourth-order valence-corrected chi connectivity index (χ4v) is 1.15. The van der Waals surface area contributed by atoms with Crippen molar-refractivity contribution in [3.63, 3.8) is 0 Å². The van der Waals surface area contributed by atoms with Crippen LogP contribution in [0.1, 0.15) is 6.92 Å². The highest BCUT2D eigenvalue weighted by Gasteiger charge is 2.24. The van der Waals surface area contributed by atoms with Crippen LogP contribution in [0.5, 0.6) is 0 Å². The van der Waals surface area contributed by atoms with E-state index in [0.29, 0.717) is 5.57 Å². The van der Waals surface area contributed by atoms with E-state index in [1.165, 1.54) is 6.92 Å². The summed E-state index contributed by atoms with van der Waals surface area (Å²) in [6, 6.07) is 0. The van der Waals surface area contributed by atoms with Crippen LogP contribution in [0.15, 0.2) is 23.8 Å². The molecule has 72 valence electrons. The highest BCUT2D eigenvalue weighted by Crippen LogP contribution is 2.15. The maximum Gasteiger partial charge on any atom is 0.303 e. The van der Waals surface area contributed by atoms with Crippen molar-refractivity contribution < 1.29 is 19.7 Å². The van der Waals surface area contributed by atoms with Gasteiger partial charge in [0.1, 0.15) is 12.2 Å². The summed E-state index contributed by atoms with van der Waals surface area (Å²) in [4.78, 5) is 10.6. The van der Waals surface area contributed by atoms with Crippen LogP contribution < -0.4 is 0 Å². The maximum atomic E-state index is 10.6. The van der Waals surface area contributed by atoms with Gasteiger partial charge in [-0.15, -0.1) is 0 Å². The van der Waals surface area contributed by atoms with Gasteiger partial charge in [-0.1, -0.05) is 12.2 Å². The number of aliphatic hydroxyl groups is 2. The zero-order valence-corrected chi connectivity index (χ0v) is 7.30. The van der Waals surface area contributed by atoms with Crippen LogP contribution in [-0.2, 0) is 9.53 Å². The molecule has 0 unspecified atom stereocenters. The smallest absolute Gasteiger partial charge is 0.303 e. The Morgan fingerprint density at radius 1 is 1.69 bits per heavy atom. The molecular formula is C9H12O4. The van der Waals surface area contributed by atoms with Crippen LogP contribution in [-0.4, -0.2) is 35.0 Å². The van der Waals surface area contributed by atoms with Gasteiger partial charge in [-0.3, -0.25) is 4.79 Å². The Morgan fingerprint density at radius 3 is 2.92 bits per heavy atom. The van der Waals surface area contributed by atoms with Crippen molar-refractivity contribution in [1.29, 1.82) is 0 Å². The zero-order valence-electron chi connectivity index (χ0n) is 7.30. The Morgan fingerprint density at radius 2 is 2.38 bits per heavy atom. The second-order valence-electron chi connectivity index (χ2n) is 2.80. The van der Waals surface area contributed by atoms with E-state index in [9.17, 15) is 9.90 Å². The average molecular weight is 184 g/mol. The van der Waals surface area contributed by atoms with Crippen LogP contribution >= 0.6 is 0 Å². The van der Waals surface area contributed by atoms with Gasteiger partial charge in [-0.2, -0.15) is 0 Å². The van der Waals surface area contributed by atoms with Crippen molar-refractivity contribution in [2.45, 2.75) is 19.1 Å². The molecule has 0 aromatic heterocycles. The number of allylic oxidation sites excluding steroid dienone is 2. The number of hydrogen-bond acceptors (Lipinski definition) is 4. The molecule has 0 spiro atoms. The molecule has 0 bridgehead atoms. The lowest BCUT2D eigenvalue weighted by Gasteiger charge is -2.23. The van der Waals surface area contributed by atoms with Gasteiger partial charge in [0.2, 0.25) is 0 Å². The van der Waals surface area contributed by atoms with Gasteiger partial charge >= 0.3 is 5.97 Å². The van der Waals surface area contributed by atoms with Crippen molar-refractivity contribution in [2.75, 3.05) is 6.61 Å². The first-order valence-electron chi connectivity index (χ1n) is 3.98. The molecule has 0 aromatic rings. The number of aliphatic hydroxyl groups excluding tert-OH is 2. The molecule has 1 aliphatic rings. The third-order valence-corrected chi connectivity index (χ3v) is 1.79. The molecule has 0 saturated heterocycles. The lowest BCUT2D eigenvalue weighted by Crippen LogP contribution is -2.33. The lowest BCUT2D eigenvalue weighted by molar-refractivity contribution is -0.148. The molecule has 2 N–H and O–H groups in total. The number of carbonyl (C=O) groups excluding carboxylic acids is 1. The molecule has 0 aromatic carbocycles. The fraction of sp³-hybridized carbons (Fsp3) is 0.444. The first-order valence-corrected chi connectivity index (χ1v) is 3.98. The summed E-state index contributed by atoms with van der Waals surface area (Å²) in [5.41, 5.74) is 0.453. The summed E-state index contributed by atoms with van der Waals surface area (Å²) in [5, 5.41) is 18.3. The van der Waals surface area contributed by atoms with Crippen LogP contribution in [0.2, 0.25) is 0 Å². The molecule has 1 rings (SSSR count). The summed E-state index contributed by atoms with van der Waals surface area (Å²) in [6.07, 6.45) is 3.21. The normalized spacial score (nSPS) is 26.8. The van der Waals surface area contributed by atoms with E-state index in [-0.39, 0.29) is 6.61 Å². The number of carbonyl (C=O) groups is 1. The van der Waals surface area contributed by atoms with Gasteiger partial charge in [0, 0.05) is 6.92 Å². The zero-order chi connectivity index (χ0) is 9.84. The molecule has 0 amide bonds. The molecule has 4 nitrogen and oxygen atoms in total. The summed E-state index contributed by atoms with van der Waals surface area (Å²) in [5.74, 6) is -0.451. The summed E-state index contributed by atoms with van der Waals surface area (Å²) in [6.45, 7) is 1.04. The molecule has 0 radical (unpaired) electrons. The van der Waals surface area contributed by atoms with Gasteiger partial charge in [-0.25, -0.2) is 0 Å². The van der Waals surface area contributed by atoms with Crippen molar-refractivity contribution in [1.82, 2.24) is 0 Å². The minimum Gasteiger partial charge on any atom is -0.455 e. The van der Waals surface area contributed by atoms with E-state index in [2.05, 4.69) is 0 Å². The number of hydrogen-bond donors (Lipinski definition) is 2. The van der Waals surface area contributed by atoms with Crippen molar-refractivity contribution in [3.05, 3.63) is 23.8 Å². The molecule has 4 heteroatoms. The van der Waals surface area contributed by atoms with Gasteiger partial charge in [-0.05, 0) is 11.6 Å². The Balaban J connectivity index is 2.66. The highest BCUT2D eigenvalue weighted by molar-refractivity contribution is 5.66. The quantitative estimate of drug-likeness (QED) is 0.582. The molecule has 1 aliphatic carbocycles. The van der Waals surface area contributed by atoms with E-state index in [0.717, 1.165) is 0 Å². The predicted molar refractivity (Wildman–Crippen MR) is 45.9 cm³/mol. The molecule has 13 heavy (non-hydrogen) atoms. The molecule has 0 aliphatic heterocycles. The van der Waals surface area contributed by atoms with Crippen molar-refractivity contribution >= 4 is 5.97 Å². The Kier molecular flexibility index (Phi) is 3.22. The first-order chi connectivity index (χ1) is 6.15. The first kappa shape index (κ1) is 9.95. The van der Waals surface area contributed by atoms with Gasteiger partial charge < -0.3 is 14.9 Å².